The number of halogens is 1. The zero-order chi connectivity index (χ0) is 12.1. The molecule has 86 valence electrons. The summed E-state index contributed by atoms with van der Waals surface area (Å²) in [5.41, 5.74) is 1.18. The molecular formula is C13H15FO2. The number of aromatic hydroxyl groups is 1. The fourth-order valence-corrected chi connectivity index (χ4v) is 1.36. The van der Waals surface area contributed by atoms with Gasteiger partial charge in [0, 0.05) is 12.5 Å². The van der Waals surface area contributed by atoms with Crippen molar-refractivity contribution in [2.24, 2.45) is 0 Å². The van der Waals surface area contributed by atoms with E-state index in [0.717, 1.165) is 11.6 Å². The molecule has 1 rings (SSSR count). The number of Topliss-reactive ketones (excluding diaryl/α,β-unsaturated/α-hetero) is 1. The van der Waals surface area contributed by atoms with E-state index in [-0.39, 0.29) is 23.5 Å². The molecule has 0 fully saturated rings. The van der Waals surface area contributed by atoms with E-state index in [4.69, 9.17) is 5.11 Å². The zero-order valence-electron chi connectivity index (χ0n) is 9.46. The Kier molecular flexibility index (Phi) is 4.23. The van der Waals surface area contributed by atoms with Gasteiger partial charge < -0.3 is 5.11 Å². The highest BCUT2D eigenvalue weighted by atomic mass is 19.1. The number of carbonyl (C=O) groups is 1. The molecule has 0 aliphatic heterocycles. The number of hydrogen-bond donors (Lipinski definition) is 1. The van der Waals surface area contributed by atoms with Crippen LogP contribution in [0.1, 0.15) is 37.0 Å². The first-order chi connectivity index (χ1) is 7.50. The predicted octanol–water partition coefficient (Wildman–Crippen LogP) is 3.46. The van der Waals surface area contributed by atoms with Crippen LogP contribution in [-0.2, 0) is 0 Å². The Bertz CT molecular complexity index is 418. The number of phenolic OH excluding ortho intramolecular Hbond substituents is 1. The fraction of sp³-hybridized carbons (Fsp3) is 0.308. The van der Waals surface area contributed by atoms with Crippen LogP contribution in [0.5, 0.6) is 5.75 Å². The van der Waals surface area contributed by atoms with Crippen LogP contribution in [0.25, 0.3) is 0 Å². The van der Waals surface area contributed by atoms with Crippen molar-refractivity contribution in [1.82, 2.24) is 0 Å². The van der Waals surface area contributed by atoms with Crippen LogP contribution in [0.15, 0.2) is 29.8 Å². The summed E-state index contributed by atoms with van der Waals surface area (Å²) in [4.78, 5) is 11.6. The molecule has 1 aromatic rings. The Labute approximate surface area is 94.4 Å². The monoisotopic (exact) mass is 222 g/mol. The Hall–Kier alpha value is -1.64. The minimum atomic E-state index is -0.665. The third kappa shape index (κ3) is 3.50. The third-order valence-electron chi connectivity index (χ3n) is 2.18. The Morgan fingerprint density at radius 2 is 2.12 bits per heavy atom. The summed E-state index contributed by atoms with van der Waals surface area (Å²) in [6.45, 7) is 3.90. The van der Waals surface area contributed by atoms with Crippen molar-refractivity contribution in [2.45, 2.75) is 26.7 Å². The van der Waals surface area contributed by atoms with Gasteiger partial charge >= 0.3 is 0 Å². The smallest absolute Gasteiger partial charge is 0.166 e. The number of allylic oxidation sites excluding steroid dienone is 2. The molecule has 2 nitrogen and oxygen atoms in total. The van der Waals surface area contributed by atoms with Crippen LogP contribution in [0.3, 0.4) is 0 Å². The van der Waals surface area contributed by atoms with Crippen molar-refractivity contribution in [3.05, 3.63) is 41.2 Å². The highest BCUT2D eigenvalue weighted by Crippen LogP contribution is 2.17. The van der Waals surface area contributed by atoms with Crippen LogP contribution >= 0.6 is 0 Å². The van der Waals surface area contributed by atoms with Crippen LogP contribution < -0.4 is 0 Å². The molecule has 0 aromatic heterocycles. The second-order valence-corrected chi connectivity index (χ2v) is 3.91. The standard InChI is InChI=1S/C13H15FO2/c1-9(2)4-3-5-13(16)11-7-6-10(15)8-12(11)14/h4,6-8,15H,3,5H2,1-2H3. The third-order valence-corrected chi connectivity index (χ3v) is 2.18. The van der Waals surface area contributed by atoms with Gasteiger partial charge in [0.05, 0.1) is 5.56 Å². The molecule has 0 bridgehead atoms. The molecule has 0 radical (unpaired) electrons. The largest absolute Gasteiger partial charge is 0.508 e. The zero-order valence-corrected chi connectivity index (χ0v) is 9.46. The minimum Gasteiger partial charge on any atom is -0.508 e. The van der Waals surface area contributed by atoms with Gasteiger partial charge in [0.2, 0.25) is 0 Å². The molecule has 0 spiro atoms. The van der Waals surface area contributed by atoms with Gasteiger partial charge in [0.25, 0.3) is 0 Å². The molecule has 16 heavy (non-hydrogen) atoms. The van der Waals surface area contributed by atoms with Gasteiger partial charge in [-0.3, -0.25) is 4.79 Å². The second kappa shape index (κ2) is 5.45. The highest BCUT2D eigenvalue weighted by molar-refractivity contribution is 5.96. The summed E-state index contributed by atoms with van der Waals surface area (Å²) in [6, 6.07) is 3.58. The molecule has 1 N–H and O–H groups in total. The van der Waals surface area contributed by atoms with Gasteiger partial charge in [-0.05, 0) is 32.4 Å². The number of carbonyl (C=O) groups excluding carboxylic acids is 1. The van der Waals surface area contributed by atoms with Gasteiger partial charge in [-0.25, -0.2) is 4.39 Å². The first-order valence-corrected chi connectivity index (χ1v) is 5.16. The van der Waals surface area contributed by atoms with E-state index in [1.807, 2.05) is 19.9 Å². The molecule has 0 atom stereocenters. The van der Waals surface area contributed by atoms with E-state index in [2.05, 4.69) is 0 Å². The van der Waals surface area contributed by atoms with E-state index in [0.29, 0.717) is 6.42 Å². The van der Waals surface area contributed by atoms with Gasteiger partial charge in [-0.1, -0.05) is 11.6 Å². The topological polar surface area (TPSA) is 37.3 Å². The number of rotatable bonds is 4. The summed E-state index contributed by atoms with van der Waals surface area (Å²) in [5.74, 6) is -1.07. The molecule has 0 aliphatic carbocycles. The Balaban J connectivity index is 2.70. The molecular weight excluding hydrogens is 207 g/mol. The summed E-state index contributed by atoms with van der Waals surface area (Å²) < 4.78 is 13.3. The van der Waals surface area contributed by atoms with Gasteiger partial charge in [-0.15, -0.1) is 0 Å². The molecule has 0 saturated heterocycles. The number of benzene rings is 1. The van der Waals surface area contributed by atoms with Crippen LogP contribution in [0, 0.1) is 5.82 Å². The van der Waals surface area contributed by atoms with E-state index < -0.39 is 5.82 Å². The molecule has 0 heterocycles. The van der Waals surface area contributed by atoms with E-state index >= 15 is 0 Å². The molecule has 0 aliphatic rings. The van der Waals surface area contributed by atoms with E-state index in [9.17, 15) is 9.18 Å². The van der Waals surface area contributed by atoms with E-state index in [1.54, 1.807) is 0 Å². The summed E-state index contributed by atoms with van der Waals surface area (Å²) >= 11 is 0. The van der Waals surface area contributed by atoms with Crippen molar-refractivity contribution in [3.8, 4) is 5.75 Å². The lowest BCUT2D eigenvalue weighted by Gasteiger charge is -2.01. The Morgan fingerprint density at radius 1 is 1.44 bits per heavy atom. The predicted molar refractivity (Wildman–Crippen MR) is 61.1 cm³/mol. The molecule has 0 saturated carbocycles. The molecule has 1 aromatic carbocycles. The van der Waals surface area contributed by atoms with Crippen molar-refractivity contribution in [1.29, 1.82) is 0 Å². The lowest BCUT2D eigenvalue weighted by molar-refractivity contribution is 0.0980. The van der Waals surface area contributed by atoms with Crippen LogP contribution in [0.4, 0.5) is 4.39 Å². The van der Waals surface area contributed by atoms with Crippen molar-refractivity contribution in [3.63, 3.8) is 0 Å². The average molecular weight is 222 g/mol. The minimum absolute atomic E-state index is 0.0416. The van der Waals surface area contributed by atoms with Crippen LogP contribution in [0.2, 0.25) is 0 Å². The normalized spacial score (nSPS) is 9.94. The summed E-state index contributed by atoms with van der Waals surface area (Å²) in [5, 5.41) is 9.01. The van der Waals surface area contributed by atoms with Crippen LogP contribution in [-0.4, -0.2) is 10.9 Å². The Morgan fingerprint density at radius 3 is 2.69 bits per heavy atom. The molecule has 0 unspecified atom stereocenters. The van der Waals surface area contributed by atoms with Gasteiger partial charge in [-0.2, -0.15) is 0 Å². The maximum Gasteiger partial charge on any atom is 0.166 e. The average Bonchev–Trinajstić information content (AvgIpc) is 2.16. The van der Waals surface area contributed by atoms with Crippen molar-refractivity contribution >= 4 is 5.78 Å². The van der Waals surface area contributed by atoms with E-state index in [1.165, 1.54) is 12.1 Å². The maximum atomic E-state index is 13.3. The number of ketones is 1. The number of phenols is 1. The number of hydrogen-bond acceptors (Lipinski definition) is 2. The lowest BCUT2D eigenvalue weighted by atomic mass is 10.1. The first kappa shape index (κ1) is 12.4. The highest BCUT2D eigenvalue weighted by Gasteiger charge is 2.11. The lowest BCUT2D eigenvalue weighted by Crippen LogP contribution is -2.01. The molecule has 3 heteroatoms. The fourth-order valence-electron chi connectivity index (χ4n) is 1.36. The quantitative estimate of drug-likeness (QED) is 0.625. The summed E-state index contributed by atoms with van der Waals surface area (Å²) in [6.07, 6.45) is 2.84. The first-order valence-electron chi connectivity index (χ1n) is 5.16. The second-order valence-electron chi connectivity index (χ2n) is 3.91. The SMILES string of the molecule is CC(C)=CCCC(=O)c1ccc(O)cc1F. The maximum absolute atomic E-state index is 13.3. The van der Waals surface area contributed by atoms with Crippen molar-refractivity contribution < 1.29 is 14.3 Å². The van der Waals surface area contributed by atoms with Crippen molar-refractivity contribution in [2.75, 3.05) is 0 Å². The summed E-state index contributed by atoms with van der Waals surface area (Å²) in [7, 11) is 0. The molecule has 0 amide bonds. The van der Waals surface area contributed by atoms with Gasteiger partial charge in [0.15, 0.2) is 5.78 Å². The van der Waals surface area contributed by atoms with Gasteiger partial charge in [0.1, 0.15) is 11.6 Å².